The third-order valence-electron chi connectivity index (χ3n) is 5.05. The first-order chi connectivity index (χ1) is 14.2. The zero-order chi connectivity index (χ0) is 23.2. The van der Waals surface area contributed by atoms with Crippen LogP contribution in [0.1, 0.15) is 35.3 Å². The first-order valence-corrected chi connectivity index (χ1v) is 8.91. The molecule has 1 heterocycles. The van der Waals surface area contributed by atoms with Crippen molar-refractivity contribution in [1.82, 2.24) is 10.2 Å². The Morgan fingerprint density at radius 1 is 0.968 bits per heavy atom. The number of hydrogen-bond acceptors (Lipinski definition) is 3. The number of hydrogen-bond donors (Lipinski definition) is 2. The number of halogens is 6. The zero-order valence-corrected chi connectivity index (χ0v) is 15.9. The molecule has 11 heteroatoms. The molecule has 1 fully saturated rings. The summed E-state index contributed by atoms with van der Waals surface area (Å²) < 4.78 is 77.8. The predicted molar refractivity (Wildman–Crippen MR) is 95.4 cm³/mol. The van der Waals surface area contributed by atoms with Crippen molar-refractivity contribution in [2.45, 2.75) is 30.9 Å². The summed E-state index contributed by atoms with van der Waals surface area (Å²) in [4.78, 5) is 25.7. The number of nitrogens with zero attached hydrogens (tertiary/aromatic N) is 1. The monoisotopic (exact) mass is 446 g/mol. The predicted octanol–water partition coefficient (Wildman–Crippen LogP) is 4.22. The van der Waals surface area contributed by atoms with Gasteiger partial charge < -0.3 is 10.4 Å². The summed E-state index contributed by atoms with van der Waals surface area (Å²) >= 11 is 0. The summed E-state index contributed by atoms with van der Waals surface area (Å²) in [5, 5.41) is 12.7. The van der Waals surface area contributed by atoms with Gasteiger partial charge in [0, 0.05) is 0 Å². The van der Waals surface area contributed by atoms with E-state index in [2.05, 4.69) is 5.32 Å². The summed E-state index contributed by atoms with van der Waals surface area (Å²) in [5.41, 5.74) is -4.28. The van der Waals surface area contributed by atoms with E-state index in [4.69, 9.17) is 0 Å². The molecule has 1 aliphatic rings. The van der Waals surface area contributed by atoms with E-state index in [1.54, 1.807) is 0 Å². The lowest BCUT2D eigenvalue weighted by Gasteiger charge is -2.24. The van der Waals surface area contributed by atoms with Crippen molar-refractivity contribution < 1.29 is 41.0 Å². The molecule has 0 saturated carbocycles. The van der Waals surface area contributed by atoms with Gasteiger partial charge in [-0.1, -0.05) is 30.3 Å². The van der Waals surface area contributed by atoms with Crippen LogP contribution in [0, 0.1) is 0 Å². The van der Waals surface area contributed by atoms with E-state index in [0.29, 0.717) is 4.90 Å². The van der Waals surface area contributed by atoms with Gasteiger partial charge in [-0.15, -0.1) is 0 Å². The normalized spacial score (nSPS) is 20.7. The Kier molecular flexibility index (Phi) is 5.51. The summed E-state index contributed by atoms with van der Waals surface area (Å²) in [6.45, 7) is 0.486. The number of alkyl halides is 6. The second-order valence-corrected chi connectivity index (χ2v) is 7.15. The van der Waals surface area contributed by atoms with Crippen LogP contribution in [0.4, 0.5) is 31.1 Å². The van der Waals surface area contributed by atoms with Gasteiger partial charge in [0.05, 0.1) is 23.8 Å². The van der Waals surface area contributed by atoms with Crippen LogP contribution in [0.25, 0.3) is 0 Å². The molecule has 0 aromatic heterocycles. The Labute approximate surface area is 172 Å². The Morgan fingerprint density at radius 2 is 1.55 bits per heavy atom. The molecule has 31 heavy (non-hydrogen) atoms. The van der Waals surface area contributed by atoms with Gasteiger partial charge in [0.15, 0.2) is 0 Å². The van der Waals surface area contributed by atoms with Gasteiger partial charge in [0.25, 0.3) is 5.91 Å². The smallest absolute Gasteiger partial charge is 0.387 e. The fourth-order valence-electron chi connectivity index (χ4n) is 3.37. The van der Waals surface area contributed by atoms with Crippen LogP contribution < -0.4 is 5.32 Å². The lowest BCUT2D eigenvalue weighted by Crippen LogP contribution is -2.41. The number of carbonyl (C=O) groups excluding carboxylic acids is 2. The van der Waals surface area contributed by atoms with E-state index in [9.17, 15) is 41.0 Å². The molecule has 166 valence electrons. The highest BCUT2D eigenvalue weighted by Gasteiger charge is 2.50. The number of imide groups is 1. The van der Waals surface area contributed by atoms with Gasteiger partial charge in [-0.05, 0) is 36.2 Å². The van der Waals surface area contributed by atoms with Gasteiger partial charge in [0.1, 0.15) is 5.54 Å². The molecule has 3 amide bonds. The summed E-state index contributed by atoms with van der Waals surface area (Å²) in [5.74, 6) is -0.916. The fraction of sp³-hybridized carbons (Fsp3) is 0.300. The first kappa shape index (κ1) is 22.6. The summed E-state index contributed by atoms with van der Waals surface area (Å²) in [7, 11) is 0. The number of aliphatic hydroxyl groups is 1. The number of β-amino-alcohol motifs (C(OH)–C–C–N with tert-alkyl or cyclic N) is 1. The molecule has 2 atom stereocenters. The molecule has 0 spiro atoms. The average molecular weight is 446 g/mol. The minimum Gasteiger partial charge on any atom is -0.387 e. The Morgan fingerprint density at radius 3 is 2.10 bits per heavy atom. The largest absolute Gasteiger partial charge is 0.416 e. The van der Waals surface area contributed by atoms with Gasteiger partial charge >= 0.3 is 18.4 Å². The molecule has 0 radical (unpaired) electrons. The second-order valence-electron chi connectivity index (χ2n) is 7.15. The Bertz CT molecular complexity index is 1000. The lowest BCUT2D eigenvalue weighted by atomic mass is 9.91. The minimum absolute atomic E-state index is 0.0477. The van der Waals surface area contributed by atoms with Crippen molar-refractivity contribution in [3.8, 4) is 0 Å². The molecule has 3 rings (SSSR count). The molecule has 2 unspecified atom stereocenters. The number of carbonyl (C=O) groups is 2. The van der Waals surface area contributed by atoms with Crippen molar-refractivity contribution in [3.63, 3.8) is 0 Å². The van der Waals surface area contributed by atoms with Crippen LogP contribution in [-0.4, -0.2) is 28.5 Å². The second kappa shape index (κ2) is 7.56. The van der Waals surface area contributed by atoms with E-state index in [1.807, 2.05) is 0 Å². The SMILES string of the molecule is CC1(c2ccc(C(F)(F)F)cc2)NC(=O)N(CC(O)c2ccccc2C(F)(F)F)C1=O. The molecular formula is C20H16F6N2O3. The number of urea groups is 1. The molecule has 2 N–H and O–H groups in total. The molecule has 0 aliphatic carbocycles. The van der Waals surface area contributed by atoms with Crippen molar-refractivity contribution in [2.75, 3.05) is 6.54 Å². The summed E-state index contributed by atoms with van der Waals surface area (Å²) in [6, 6.07) is 6.75. The lowest BCUT2D eigenvalue weighted by molar-refractivity contribution is -0.139. The molecule has 1 aliphatic heterocycles. The van der Waals surface area contributed by atoms with Gasteiger partial charge in [-0.2, -0.15) is 26.3 Å². The van der Waals surface area contributed by atoms with Crippen LogP contribution >= 0.6 is 0 Å². The van der Waals surface area contributed by atoms with Crippen LogP contribution in [0.5, 0.6) is 0 Å². The zero-order valence-electron chi connectivity index (χ0n) is 15.9. The molecule has 5 nitrogen and oxygen atoms in total. The van der Waals surface area contributed by atoms with Crippen LogP contribution in [-0.2, 0) is 22.7 Å². The maximum absolute atomic E-state index is 13.2. The van der Waals surface area contributed by atoms with Crippen LogP contribution in [0.3, 0.4) is 0 Å². The highest BCUT2D eigenvalue weighted by Crippen LogP contribution is 2.37. The van der Waals surface area contributed by atoms with Gasteiger partial charge in [-0.25, -0.2) is 4.79 Å². The standard InChI is InChI=1S/C20H16F6N2O3/c1-18(11-6-8-12(9-7-11)19(21,22)23)16(30)28(17(31)27-18)10-15(29)13-4-2-3-5-14(13)20(24,25)26/h2-9,15,29H,10H2,1H3,(H,27,31). The maximum Gasteiger partial charge on any atom is 0.416 e. The van der Waals surface area contributed by atoms with Crippen molar-refractivity contribution in [1.29, 1.82) is 0 Å². The molecule has 1 saturated heterocycles. The van der Waals surface area contributed by atoms with E-state index in [1.165, 1.54) is 13.0 Å². The van der Waals surface area contributed by atoms with Crippen LogP contribution in [0.15, 0.2) is 48.5 Å². The van der Waals surface area contributed by atoms with E-state index < -0.39 is 59.2 Å². The molecule has 2 aromatic rings. The average Bonchev–Trinajstić information content (AvgIpc) is 2.90. The van der Waals surface area contributed by atoms with Crippen molar-refractivity contribution in [2.24, 2.45) is 0 Å². The molecular weight excluding hydrogens is 430 g/mol. The summed E-state index contributed by atoms with van der Waals surface area (Å²) in [6.07, 6.45) is -11.2. The van der Waals surface area contributed by atoms with E-state index >= 15 is 0 Å². The van der Waals surface area contributed by atoms with E-state index in [0.717, 1.165) is 42.5 Å². The van der Waals surface area contributed by atoms with Crippen molar-refractivity contribution >= 4 is 11.9 Å². The molecule has 0 bridgehead atoms. The van der Waals surface area contributed by atoms with Crippen LogP contribution in [0.2, 0.25) is 0 Å². The third-order valence-corrected chi connectivity index (χ3v) is 5.05. The van der Waals surface area contributed by atoms with Gasteiger partial charge in [0.2, 0.25) is 0 Å². The quantitative estimate of drug-likeness (QED) is 0.546. The number of benzene rings is 2. The maximum atomic E-state index is 13.2. The number of nitrogens with one attached hydrogen (secondary N) is 1. The number of rotatable bonds is 4. The number of amides is 3. The Balaban J connectivity index is 1.86. The number of aliphatic hydroxyl groups excluding tert-OH is 1. The Hall–Kier alpha value is -3.08. The topological polar surface area (TPSA) is 69.6 Å². The van der Waals surface area contributed by atoms with Gasteiger partial charge in [-0.3, -0.25) is 9.69 Å². The highest BCUT2D eigenvalue weighted by molar-refractivity contribution is 6.07. The van der Waals surface area contributed by atoms with E-state index in [-0.39, 0.29) is 5.56 Å². The minimum atomic E-state index is -4.76. The first-order valence-electron chi connectivity index (χ1n) is 8.91. The highest BCUT2D eigenvalue weighted by atomic mass is 19.4. The van der Waals surface area contributed by atoms with Crippen molar-refractivity contribution in [3.05, 3.63) is 70.8 Å². The third kappa shape index (κ3) is 4.22. The fourth-order valence-corrected chi connectivity index (χ4v) is 3.37. The molecule has 2 aromatic carbocycles.